The lowest BCUT2D eigenvalue weighted by atomic mass is 9.92. The summed E-state index contributed by atoms with van der Waals surface area (Å²) in [7, 11) is -2.59. The van der Waals surface area contributed by atoms with E-state index in [0.29, 0.717) is 27.4 Å². The lowest BCUT2D eigenvalue weighted by Crippen LogP contribution is -2.46. The van der Waals surface area contributed by atoms with Crippen LogP contribution in [0.25, 0.3) is 0 Å². The quantitative estimate of drug-likeness (QED) is 0.224. The molecule has 4 rings (SSSR count). The molecule has 2 unspecified atom stereocenters. The van der Waals surface area contributed by atoms with Gasteiger partial charge in [0.2, 0.25) is 5.91 Å². The van der Waals surface area contributed by atoms with E-state index in [0.717, 1.165) is 12.3 Å². The lowest BCUT2D eigenvalue weighted by molar-refractivity contribution is -0.139. The van der Waals surface area contributed by atoms with Crippen molar-refractivity contribution in [2.75, 3.05) is 31.4 Å². The summed E-state index contributed by atoms with van der Waals surface area (Å²) >= 11 is 6.45. The molecule has 0 aliphatic carbocycles. The molecular weight excluding hydrogens is 703 g/mol. The monoisotopic (exact) mass is 739 g/mol. The first kappa shape index (κ1) is 38.6. The van der Waals surface area contributed by atoms with E-state index in [4.69, 9.17) is 20.5 Å². The number of methoxy groups -OCH3 is 1. The Balaban J connectivity index is 1.72. The molecule has 50 heavy (non-hydrogen) atoms. The molecule has 3 aromatic carbocycles. The van der Waals surface area contributed by atoms with Crippen LogP contribution < -0.4 is 15.5 Å². The molecule has 0 bridgehead atoms. The van der Waals surface area contributed by atoms with Crippen molar-refractivity contribution < 1.29 is 49.6 Å². The number of alkyl halides is 3. The Kier molecular flexibility index (Phi) is 12.2. The number of carbonyl (C=O) groups excluding carboxylic acids is 3. The molecule has 1 heterocycles. The van der Waals surface area contributed by atoms with Crippen molar-refractivity contribution in [2.24, 2.45) is 5.41 Å². The van der Waals surface area contributed by atoms with E-state index in [9.17, 15) is 36.0 Å². The summed E-state index contributed by atoms with van der Waals surface area (Å²) < 4.78 is 80.4. The Morgan fingerprint density at radius 2 is 1.72 bits per heavy atom. The van der Waals surface area contributed by atoms with Crippen LogP contribution in [0.15, 0.2) is 66.7 Å². The minimum absolute atomic E-state index is 0.0772. The van der Waals surface area contributed by atoms with Crippen molar-refractivity contribution in [1.29, 1.82) is 0 Å². The maximum Gasteiger partial charge on any atom is 0.416 e. The van der Waals surface area contributed by atoms with Crippen LogP contribution in [0.1, 0.15) is 54.2 Å². The van der Waals surface area contributed by atoms with Gasteiger partial charge >= 0.3 is 12.3 Å². The number of hydrogen-bond acceptors (Lipinski definition) is 8. The number of carbonyl (C=O) groups is 3. The standard InChI is InChI=1S/C34H37ClF3N3O8S/c1-33(2,20-48-50(4,45)46)19-41-27-13-12-24(35)15-25(27)30(22-10-7-8-21(14-22)17-40-32(44)47-3)49-28(31(41)43)16-29(42)39-18-23-9-5-6-11-26(23)34(36,37)38/h5-15,28,30H,16-20H2,1-4H3,(H,39,42)(H,40,44). The van der Waals surface area contributed by atoms with Gasteiger partial charge in [0.25, 0.3) is 16.0 Å². The van der Waals surface area contributed by atoms with E-state index in [1.807, 2.05) is 0 Å². The smallest absolute Gasteiger partial charge is 0.416 e. The minimum atomic E-state index is -4.64. The summed E-state index contributed by atoms with van der Waals surface area (Å²) in [6, 6.07) is 16.5. The molecule has 3 amide bonds. The van der Waals surface area contributed by atoms with Crippen LogP contribution in [-0.2, 0) is 52.6 Å². The maximum atomic E-state index is 14.3. The molecule has 2 N–H and O–H groups in total. The second-order valence-electron chi connectivity index (χ2n) is 12.5. The summed E-state index contributed by atoms with van der Waals surface area (Å²) in [5.74, 6) is -1.41. The highest BCUT2D eigenvalue weighted by Gasteiger charge is 2.40. The molecule has 1 aliphatic rings. The number of nitrogens with zero attached hydrogens (tertiary/aromatic N) is 1. The Hall–Kier alpha value is -4.18. The molecule has 16 heteroatoms. The average Bonchev–Trinajstić information content (AvgIpc) is 3.15. The molecule has 0 aromatic heterocycles. The van der Waals surface area contributed by atoms with Gasteiger partial charge in [-0.3, -0.25) is 13.8 Å². The fourth-order valence-corrected chi connectivity index (χ4v) is 6.08. The van der Waals surface area contributed by atoms with Crippen LogP contribution in [0.5, 0.6) is 0 Å². The topological polar surface area (TPSA) is 140 Å². The number of fused-ring (bicyclic) bond motifs is 1. The van der Waals surface area contributed by atoms with E-state index in [1.165, 1.54) is 30.2 Å². The first-order chi connectivity index (χ1) is 23.4. The van der Waals surface area contributed by atoms with Crippen molar-refractivity contribution in [3.63, 3.8) is 0 Å². The summed E-state index contributed by atoms with van der Waals surface area (Å²) in [4.78, 5) is 40.7. The number of amides is 3. The second kappa shape index (κ2) is 15.8. The molecule has 0 spiro atoms. The minimum Gasteiger partial charge on any atom is -0.453 e. The molecule has 3 aromatic rings. The van der Waals surface area contributed by atoms with Crippen LogP contribution in [0.4, 0.5) is 23.7 Å². The molecule has 11 nitrogen and oxygen atoms in total. The van der Waals surface area contributed by atoms with Gasteiger partial charge in [-0.25, -0.2) is 4.79 Å². The first-order valence-corrected chi connectivity index (χ1v) is 17.5. The van der Waals surface area contributed by atoms with Gasteiger partial charge in [-0.1, -0.05) is 67.9 Å². The third-order valence-corrected chi connectivity index (χ3v) is 8.48. The SMILES string of the molecule is COC(=O)NCc1cccc(C2OC(CC(=O)NCc3ccccc3C(F)(F)F)C(=O)N(CC(C)(C)COS(C)(=O)=O)c3ccc(Cl)cc32)c1. The van der Waals surface area contributed by atoms with Crippen molar-refractivity contribution in [1.82, 2.24) is 10.6 Å². The molecular formula is C34H37ClF3N3O8S. The lowest BCUT2D eigenvalue weighted by Gasteiger charge is -2.33. The largest absolute Gasteiger partial charge is 0.453 e. The van der Waals surface area contributed by atoms with Crippen molar-refractivity contribution in [2.45, 2.75) is 51.7 Å². The molecule has 270 valence electrons. The van der Waals surface area contributed by atoms with Crippen LogP contribution in [0.3, 0.4) is 0 Å². The fourth-order valence-electron chi connectivity index (χ4n) is 5.36. The van der Waals surface area contributed by atoms with E-state index < -0.39 is 70.4 Å². The van der Waals surface area contributed by atoms with Crippen LogP contribution >= 0.6 is 11.6 Å². The third-order valence-electron chi connectivity index (χ3n) is 7.70. The molecule has 0 radical (unpaired) electrons. The number of rotatable bonds is 12. The molecule has 0 saturated carbocycles. The number of alkyl carbamates (subject to hydrolysis) is 1. The van der Waals surface area contributed by atoms with Gasteiger partial charge in [-0.15, -0.1) is 0 Å². The Labute approximate surface area is 293 Å². The zero-order chi connectivity index (χ0) is 36.9. The first-order valence-electron chi connectivity index (χ1n) is 15.3. The van der Waals surface area contributed by atoms with Crippen molar-refractivity contribution >= 4 is 45.3 Å². The van der Waals surface area contributed by atoms with Crippen LogP contribution in [-0.4, -0.2) is 58.9 Å². The highest BCUT2D eigenvalue weighted by molar-refractivity contribution is 7.85. The number of hydrogen-bond donors (Lipinski definition) is 2. The van der Waals surface area contributed by atoms with E-state index in [2.05, 4.69) is 15.4 Å². The summed E-state index contributed by atoms with van der Waals surface area (Å²) in [5, 5.41) is 5.38. The highest BCUT2D eigenvalue weighted by atomic mass is 35.5. The number of anilines is 1. The highest BCUT2D eigenvalue weighted by Crippen LogP contribution is 2.41. The number of nitrogens with one attached hydrogen (secondary N) is 2. The molecule has 2 atom stereocenters. The molecule has 1 aliphatic heterocycles. The zero-order valence-electron chi connectivity index (χ0n) is 27.7. The van der Waals surface area contributed by atoms with E-state index >= 15 is 0 Å². The Morgan fingerprint density at radius 3 is 2.40 bits per heavy atom. The van der Waals surface area contributed by atoms with Gasteiger partial charge < -0.3 is 25.0 Å². The number of halogens is 4. The Morgan fingerprint density at radius 1 is 1.00 bits per heavy atom. The van der Waals surface area contributed by atoms with Gasteiger partial charge in [-0.05, 0) is 41.0 Å². The molecule has 0 saturated heterocycles. The van der Waals surface area contributed by atoms with E-state index in [1.54, 1.807) is 56.3 Å². The van der Waals surface area contributed by atoms with Gasteiger partial charge in [-0.2, -0.15) is 21.6 Å². The van der Waals surface area contributed by atoms with Gasteiger partial charge in [0.1, 0.15) is 12.2 Å². The normalized spacial score (nSPS) is 16.7. The van der Waals surface area contributed by atoms with E-state index in [-0.39, 0.29) is 25.3 Å². The van der Waals surface area contributed by atoms with Crippen molar-refractivity contribution in [3.05, 3.63) is 99.6 Å². The van der Waals surface area contributed by atoms with Gasteiger partial charge in [0.15, 0.2) is 0 Å². The summed E-state index contributed by atoms with van der Waals surface area (Å²) in [6.07, 6.45) is -7.39. The average molecular weight is 740 g/mol. The van der Waals surface area contributed by atoms with Crippen molar-refractivity contribution in [3.8, 4) is 0 Å². The van der Waals surface area contributed by atoms with Gasteiger partial charge in [0, 0.05) is 41.3 Å². The zero-order valence-corrected chi connectivity index (χ0v) is 29.2. The second-order valence-corrected chi connectivity index (χ2v) is 14.6. The molecule has 0 fully saturated rings. The van der Waals surface area contributed by atoms with Crippen LogP contribution in [0.2, 0.25) is 5.02 Å². The fraction of sp³-hybridized carbons (Fsp3) is 0.382. The summed E-state index contributed by atoms with van der Waals surface area (Å²) in [6.45, 7) is 2.68. The predicted octanol–water partition coefficient (Wildman–Crippen LogP) is 5.74. The summed E-state index contributed by atoms with van der Waals surface area (Å²) in [5.41, 5.74) is 0.0143. The number of ether oxygens (including phenoxy) is 2. The Bertz CT molecular complexity index is 1840. The predicted molar refractivity (Wildman–Crippen MR) is 179 cm³/mol. The van der Waals surface area contributed by atoms with Crippen LogP contribution in [0, 0.1) is 5.41 Å². The van der Waals surface area contributed by atoms with Gasteiger partial charge in [0.05, 0.1) is 32.0 Å². The maximum absolute atomic E-state index is 14.3. The number of benzene rings is 3. The third kappa shape index (κ3) is 10.4.